The molecule has 0 aliphatic rings. The van der Waals surface area contributed by atoms with Gasteiger partial charge in [0.2, 0.25) is 0 Å². The van der Waals surface area contributed by atoms with Gasteiger partial charge in [-0.1, -0.05) is 0 Å². The third kappa shape index (κ3) is 1.37. The van der Waals surface area contributed by atoms with E-state index in [4.69, 9.17) is 5.73 Å². The predicted molar refractivity (Wildman–Crippen MR) is 43.1 cm³/mol. The van der Waals surface area contributed by atoms with Crippen molar-refractivity contribution in [1.29, 1.82) is 0 Å². The monoisotopic (exact) mass is 157 g/mol. The second-order valence-corrected chi connectivity index (χ2v) is 3.01. The van der Waals surface area contributed by atoms with Crippen LogP contribution in [0.4, 0.5) is 0 Å². The first-order valence-electron chi connectivity index (χ1n) is 3.16. The fourth-order valence-corrected chi connectivity index (χ4v) is 1.74. The molecular formula is C7H11NOS. The summed E-state index contributed by atoms with van der Waals surface area (Å²) in [6.07, 6.45) is -0.480. The molecule has 1 heterocycles. The number of hydrogen-bond donors (Lipinski definition) is 2. The van der Waals surface area contributed by atoms with E-state index < -0.39 is 6.10 Å². The van der Waals surface area contributed by atoms with Crippen LogP contribution in [0.2, 0.25) is 0 Å². The Bertz CT molecular complexity index is 209. The second kappa shape index (κ2) is 3.14. The van der Waals surface area contributed by atoms with Crippen LogP contribution in [-0.2, 0) is 0 Å². The highest BCUT2D eigenvalue weighted by atomic mass is 32.1. The van der Waals surface area contributed by atoms with Crippen molar-refractivity contribution in [3.63, 3.8) is 0 Å². The van der Waals surface area contributed by atoms with E-state index in [0.717, 1.165) is 11.1 Å². The summed E-state index contributed by atoms with van der Waals surface area (Å²) in [5.41, 5.74) is 7.38. The normalized spacial score (nSPS) is 13.5. The number of aryl methyl sites for hydroxylation is 1. The summed E-state index contributed by atoms with van der Waals surface area (Å²) in [5.74, 6) is 0. The lowest BCUT2D eigenvalue weighted by molar-refractivity contribution is 0.186. The first kappa shape index (κ1) is 7.72. The minimum absolute atomic E-state index is 0.303. The lowest BCUT2D eigenvalue weighted by atomic mass is 10.1. The van der Waals surface area contributed by atoms with E-state index in [-0.39, 0.29) is 0 Å². The van der Waals surface area contributed by atoms with E-state index in [1.54, 1.807) is 11.3 Å². The van der Waals surface area contributed by atoms with Gasteiger partial charge in [0.05, 0.1) is 6.10 Å². The average molecular weight is 157 g/mol. The van der Waals surface area contributed by atoms with E-state index in [1.807, 2.05) is 17.7 Å². The summed E-state index contributed by atoms with van der Waals surface area (Å²) in [6.45, 7) is 2.28. The van der Waals surface area contributed by atoms with Crippen LogP contribution in [0, 0.1) is 6.92 Å². The Hall–Kier alpha value is -0.380. The quantitative estimate of drug-likeness (QED) is 0.674. The van der Waals surface area contributed by atoms with E-state index in [0.29, 0.717) is 6.54 Å². The molecule has 0 spiro atoms. The molecule has 0 radical (unpaired) electrons. The molecule has 1 aromatic heterocycles. The summed E-state index contributed by atoms with van der Waals surface area (Å²) in [6, 6.07) is 0. The van der Waals surface area contributed by atoms with Gasteiger partial charge in [-0.25, -0.2) is 0 Å². The van der Waals surface area contributed by atoms with E-state index in [2.05, 4.69) is 0 Å². The van der Waals surface area contributed by atoms with Crippen molar-refractivity contribution in [3.05, 3.63) is 21.9 Å². The van der Waals surface area contributed by atoms with Gasteiger partial charge < -0.3 is 10.8 Å². The van der Waals surface area contributed by atoms with Gasteiger partial charge in [0.1, 0.15) is 0 Å². The van der Waals surface area contributed by atoms with Crippen molar-refractivity contribution >= 4 is 11.3 Å². The zero-order valence-electron chi connectivity index (χ0n) is 5.87. The molecule has 0 amide bonds. The highest BCUT2D eigenvalue weighted by Gasteiger charge is 2.07. The maximum atomic E-state index is 9.28. The third-order valence-corrected chi connectivity index (χ3v) is 2.36. The number of rotatable bonds is 2. The lowest BCUT2D eigenvalue weighted by Crippen LogP contribution is -2.11. The van der Waals surface area contributed by atoms with E-state index >= 15 is 0 Å². The molecule has 0 bridgehead atoms. The van der Waals surface area contributed by atoms with Crippen LogP contribution in [0.25, 0.3) is 0 Å². The van der Waals surface area contributed by atoms with Crippen LogP contribution in [0.15, 0.2) is 10.8 Å². The minimum Gasteiger partial charge on any atom is -0.387 e. The maximum Gasteiger partial charge on any atom is 0.0922 e. The Morgan fingerprint density at radius 1 is 1.70 bits per heavy atom. The number of thiophene rings is 1. The number of nitrogens with two attached hydrogens (primary N) is 1. The molecule has 1 rings (SSSR count). The van der Waals surface area contributed by atoms with Gasteiger partial charge in [0.15, 0.2) is 0 Å². The van der Waals surface area contributed by atoms with Gasteiger partial charge in [-0.3, -0.25) is 0 Å². The number of aliphatic hydroxyl groups is 1. The molecule has 2 nitrogen and oxygen atoms in total. The van der Waals surface area contributed by atoms with E-state index in [9.17, 15) is 5.11 Å². The fourth-order valence-electron chi connectivity index (χ4n) is 0.839. The van der Waals surface area contributed by atoms with Crippen LogP contribution in [-0.4, -0.2) is 11.7 Å². The first-order chi connectivity index (χ1) is 4.75. The number of aliphatic hydroxyl groups excluding tert-OH is 1. The molecule has 0 fully saturated rings. The van der Waals surface area contributed by atoms with Gasteiger partial charge >= 0.3 is 0 Å². The molecule has 0 aromatic carbocycles. The van der Waals surface area contributed by atoms with Crippen molar-refractivity contribution in [2.75, 3.05) is 6.54 Å². The standard InChI is InChI=1S/C7H11NOS/c1-5-3-10-4-6(5)7(9)2-8/h3-4,7,9H,2,8H2,1H3/t7-/m0/s1. The SMILES string of the molecule is Cc1cscc1[C@@H](O)CN. The van der Waals surface area contributed by atoms with Crippen LogP contribution < -0.4 is 5.73 Å². The highest BCUT2D eigenvalue weighted by Crippen LogP contribution is 2.20. The molecule has 0 saturated heterocycles. The van der Waals surface area contributed by atoms with Crippen molar-refractivity contribution in [2.45, 2.75) is 13.0 Å². The Morgan fingerprint density at radius 2 is 2.40 bits per heavy atom. The topological polar surface area (TPSA) is 46.2 Å². The first-order valence-corrected chi connectivity index (χ1v) is 4.10. The van der Waals surface area contributed by atoms with Crippen LogP contribution in [0.1, 0.15) is 17.2 Å². The van der Waals surface area contributed by atoms with Crippen LogP contribution >= 0.6 is 11.3 Å². The summed E-state index contributed by atoms with van der Waals surface area (Å²) in [4.78, 5) is 0. The van der Waals surface area contributed by atoms with Gasteiger partial charge in [0, 0.05) is 6.54 Å². The molecule has 0 aliphatic heterocycles. The van der Waals surface area contributed by atoms with Crippen molar-refractivity contribution in [1.82, 2.24) is 0 Å². The van der Waals surface area contributed by atoms with E-state index in [1.165, 1.54) is 0 Å². The molecule has 3 N–H and O–H groups in total. The predicted octanol–water partition coefficient (Wildman–Crippen LogP) is 1.05. The molecule has 1 aromatic rings. The summed E-state index contributed by atoms with van der Waals surface area (Å²) in [7, 11) is 0. The summed E-state index contributed by atoms with van der Waals surface area (Å²) in [5, 5.41) is 13.2. The molecule has 1 atom stereocenters. The Kier molecular flexibility index (Phi) is 2.43. The molecule has 3 heteroatoms. The van der Waals surface area contributed by atoms with Gasteiger partial charge in [0.25, 0.3) is 0 Å². The summed E-state index contributed by atoms with van der Waals surface area (Å²) < 4.78 is 0. The van der Waals surface area contributed by atoms with Gasteiger partial charge in [-0.05, 0) is 28.8 Å². The van der Waals surface area contributed by atoms with Crippen molar-refractivity contribution < 1.29 is 5.11 Å². The second-order valence-electron chi connectivity index (χ2n) is 2.26. The highest BCUT2D eigenvalue weighted by molar-refractivity contribution is 7.08. The largest absolute Gasteiger partial charge is 0.387 e. The summed E-state index contributed by atoms with van der Waals surface area (Å²) >= 11 is 1.59. The van der Waals surface area contributed by atoms with Gasteiger partial charge in [-0.2, -0.15) is 11.3 Å². The molecule has 0 unspecified atom stereocenters. The van der Waals surface area contributed by atoms with Crippen molar-refractivity contribution in [3.8, 4) is 0 Å². The molecular weight excluding hydrogens is 146 g/mol. The zero-order valence-corrected chi connectivity index (χ0v) is 6.69. The van der Waals surface area contributed by atoms with Crippen LogP contribution in [0.3, 0.4) is 0 Å². The third-order valence-electron chi connectivity index (χ3n) is 1.48. The Morgan fingerprint density at radius 3 is 2.80 bits per heavy atom. The van der Waals surface area contributed by atoms with Crippen LogP contribution in [0.5, 0.6) is 0 Å². The fraction of sp³-hybridized carbons (Fsp3) is 0.429. The maximum absolute atomic E-state index is 9.28. The Labute approximate surface area is 64.3 Å². The Balaban J connectivity index is 2.82. The smallest absolute Gasteiger partial charge is 0.0922 e. The van der Waals surface area contributed by atoms with Gasteiger partial charge in [-0.15, -0.1) is 0 Å². The average Bonchev–Trinajstić information content (AvgIpc) is 2.34. The molecule has 0 aliphatic carbocycles. The molecule has 56 valence electrons. The van der Waals surface area contributed by atoms with Crippen molar-refractivity contribution in [2.24, 2.45) is 5.73 Å². The minimum atomic E-state index is -0.480. The lowest BCUT2D eigenvalue weighted by Gasteiger charge is -2.05. The zero-order chi connectivity index (χ0) is 7.56. The molecule has 10 heavy (non-hydrogen) atoms. The number of hydrogen-bond acceptors (Lipinski definition) is 3. The molecule has 0 saturated carbocycles.